The Hall–Kier alpha value is -1.02. The van der Waals surface area contributed by atoms with Gasteiger partial charge in [0.15, 0.2) is 0 Å². The van der Waals surface area contributed by atoms with Gasteiger partial charge in [-0.15, -0.1) is 0 Å². The fourth-order valence-corrected chi connectivity index (χ4v) is 5.86. The minimum atomic E-state index is -4.11. The normalized spacial score (nSPS) is 38.4. The van der Waals surface area contributed by atoms with Crippen LogP contribution in [-0.2, 0) is 4.74 Å². The molecule has 4 fully saturated rings. The van der Waals surface area contributed by atoms with Crippen molar-refractivity contribution in [1.29, 1.82) is 0 Å². The van der Waals surface area contributed by atoms with Crippen LogP contribution < -0.4 is 0 Å². The van der Waals surface area contributed by atoms with Gasteiger partial charge in [-0.25, -0.2) is 4.79 Å². The molecule has 2 heterocycles. The number of piperidine rings is 1. The lowest BCUT2D eigenvalue weighted by Gasteiger charge is -2.49. The van der Waals surface area contributed by atoms with Gasteiger partial charge < -0.3 is 9.64 Å². The van der Waals surface area contributed by atoms with Crippen molar-refractivity contribution in [2.45, 2.75) is 51.4 Å². The van der Waals surface area contributed by atoms with E-state index in [0.29, 0.717) is 31.0 Å². The molecule has 0 radical (unpaired) electrons. The number of carbonyl (C=O) groups is 1. The monoisotopic (exact) mass is 389 g/mol. The van der Waals surface area contributed by atoms with Crippen molar-refractivity contribution in [1.82, 2.24) is 14.7 Å². The van der Waals surface area contributed by atoms with Crippen molar-refractivity contribution >= 4 is 6.09 Å². The second-order valence-corrected chi connectivity index (χ2v) is 8.88. The predicted octanol–water partition coefficient (Wildman–Crippen LogP) is 2.81. The van der Waals surface area contributed by atoms with Crippen LogP contribution in [0.4, 0.5) is 18.0 Å². The van der Waals surface area contributed by atoms with E-state index in [-0.39, 0.29) is 17.6 Å². The highest BCUT2D eigenvalue weighted by Gasteiger charge is 2.61. The molecule has 4 aliphatic rings. The maximum atomic E-state index is 12.7. The first-order chi connectivity index (χ1) is 12.8. The molecule has 8 heteroatoms. The van der Waals surface area contributed by atoms with Crippen molar-refractivity contribution in [3.63, 3.8) is 0 Å². The molecular formula is C19H30F3N3O2. The fraction of sp³-hybridized carbons (Fsp3) is 0.947. The van der Waals surface area contributed by atoms with Crippen molar-refractivity contribution < 1.29 is 22.7 Å². The number of carbonyl (C=O) groups excluding carboxylic acids is 1. The number of rotatable bonds is 5. The molecule has 4 rings (SSSR count). The van der Waals surface area contributed by atoms with Crippen LogP contribution in [0.15, 0.2) is 0 Å². The zero-order valence-electron chi connectivity index (χ0n) is 16.2. The molecular weight excluding hydrogens is 359 g/mol. The molecule has 2 saturated carbocycles. The first-order valence-corrected chi connectivity index (χ1v) is 10.2. The quantitative estimate of drug-likeness (QED) is 0.725. The van der Waals surface area contributed by atoms with Gasteiger partial charge in [-0.05, 0) is 50.0 Å². The second-order valence-electron chi connectivity index (χ2n) is 8.88. The molecule has 0 aromatic rings. The van der Waals surface area contributed by atoms with Gasteiger partial charge >= 0.3 is 12.3 Å². The predicted molar refractivity (Wildman–Crippen MR) is 94.3 cm³/mol. The third-order valence-electron chi connectivity index (χ3n) is 7.21. The van der Waals surface area contributed by atoms with E-state index in [1.54, 1.807) is 4.90 Å². The minimum Gasteiger partial charge on any atom is -0.450 e. The third-order valence-corrected chi connectivity index (χ3v) is 7.21. The van der Waals surface area contributed by atoms with Gasteiger partial charge in [0, 0.05) is 38.3 Å². The summed E-state index contributed by atoms with van der Waals surface area (Å²) in [6.07, 6.45) is -1.06. The Kier molecular flexibility index (Phi) is 4.86. The molecule has 1 amide bonds. The van der Waals surface area contributed by atoms with Gasteiger partial charge in [-0.1, -0.05) is 6.92 Å². The van der Waals surface area contributed by atoms with Crippen LogP contribution in [-0.4, -0.2) is 84.9 Å². The van der Waals surface area contributed by atoms with Gasteiger partial charge in [0.2, 0.25) is 0 Å². The molecule has 0 unspecified atom stereocenters. The van der Waals surface area contributed by atoms with E-state index in [1.807, 2.05) is 18.7 Å². The van der Waals surface area contributed by atoms with E-state index in [1.165, 1.54) is 0 Å². The summed E-state index contributed by atoms with van der Waals surface area (Å²) in [6.45, 7) is 7.18. The molecule has 0 aromatic heterocycles. The Balaban J connectivity index is 1.23. The summed E-state index contributed by atoms with van der Waals surface area (Å²) in [6, 6.07) is 0.658. The summed E-state index contributed by atoms with van der Waals surface area (Å²) >= 11 is 0. The second kappa shape index (κ2) is 6.79. The molecule has 1 spiro atoms. The van der Waals surface area contributed by atoms with Crippen LogP contribution in [0.25, 0.3) is 0 Å². The SMILES string of the molecule is CCOC(=O)N1CCC2(CC(N3C[C@@H]4[C@H](C3)[C@H]4N(CC)CC(F)(F)F)C2)C1. The molecule has 2 aliphatic carbocycles. The highest BCUT2D eigenvalue weighted by molar-refractivity contribution is 5.68. The van der Waals surface area contributed by atoms with Gasteiger partial charge in [-0.3, -0.25) is 9.80 Å². The molecule has 27 heavy (non-hydrogen) atoms. The van der Waals surface area contributed by atoms with Crippen LogP contribution >= 0.6 is 0 Å². The van der Waals surface area contributed by atoms with Crippen LogP contribution in [0.5, 0.6) is 0 Å². The van der Waals surface area contributed by atoms with Crippen molar-refractivity contribution in [2.75, 3.05) is 45.9 Å². The van der Waals surface area contributed by atoms with Gasteiger partial charge in [-0.2, -0.15) is 13.2 Å². The summed E-state index contributed by atoms with van der Waals surface area (Å²) < 4.78 is 43.3. The first kappa shape index (κ1) is 19.3. The zero-order chi connectivity index (χ0) is 19.4. The number of fused-ring (bicyclic) bond motifs is 1. The Morgan fingerprint density at radius 3 is 2.44 bits per heavy atom. The fourth-order valence-electron chi connectivity index (χ4n) is 5.86. The lowest BCUT2D eigenvalue weighted by Crippen LogP contribution is -2.53. The average molecular weight is 389 g/mol. The molecule has 5 nitrogen and oxygen atoms in total. The van der Waals surface area contributed by atoms with Crippen molar-refractivity contribution in [3.05, 3.63) is 0 Å². The van der Waals surface area contributed by atoms with Crippen molar-refractivity contribution in [2.24, 2.45) is 17.3 Å². The Morgan fingerprint density at radius 1 is 1.22 bits per heavy atom. The number of likely N-dealkylation sites (tertiary alicyclic amines) is 2. The lowest BCUT2D eigenvalue weighted by molar-refractivity contribution is -0.148. The van der Waals surface area contributed by atoms with E-state index in [0.717, 1.165) is 45.4 Å². The summed E-state index contributed by atoms with van der Waals surface area (Å²) in [5.74, 6) is 0.812. The van der Waals surface area contributed by atoms with E-state index in [2.05, 4.69) is 4.90 Å². The number of amides is 1. The van der Waals surface area contributed by atoms with Crippen LogP contribution in [0.1, 0.15) is 33.1 Å². The molecule has 0 bridgehead atoms. The summed E-state index contributed by atoms with van der Waals surface area (Å²) in [5.41, 5.74) is 0.245. The first-order valence-electron chi connectivity index (χ1n) is 10.2. The lowest BCUT2D eigenvalue weighted by atomic mass is 9.64. The molecule has 0 N–H and O–H groups in total. The van der Waals surface area contributed by atoms with Gasteiger partial charge in [0.1, 0.15) is 0 Å². The van der Waals surface area contributed by atoms with E-state index in [4.69, 9.17) is 4.74 Å². The molecule has 2 aliphatic heterocycles. The van der Waals surface area contributed by atoms with Crippen LogP contribution in [0.2, 0.25) is 0 Å². The molecule has 154 valence electrons. The number of nitrogens with zero attached hydrogens (tertiary/aromatic N) is 3. The van der Waals surface area contributed by atoms with Gasteiger partial charge in [0.25, 0.3) is 0 Å². The summed E-state index contributed by atoms with van der Waals surface area (Å²) in [7, 11) is 0. The standard InChI is InChI=1S/C19H30F3N3O2/c1-3-23(12-19(20,21)22)16-14-9-25(10-15(14)16)13-7-18(8-13)5-6-24(11-18)17(26)27-4-2/h13-16H,3-12H2,1-2H3/t13?,14-,15+,16+,18?. The minimum absolute atomic E-state index is 0.118. The third kappa shape index (κ3) is 3.67. The number of ether oxygens (including phenoxy) is 1. The van der Waals surface area contributed by atoms with E-state index < -0.39 is 12.7 Å². The van der Waals surface area contributed by atoms with E-state index in [9.17, 15) is 18.0 Å². The van der Waals surface area contributed by atoms with Gasteiger partial charge in [0.05, 0.1) is 13.2 Å². The maximum absolute atomic E-state index is 12.7. The Morgan fingerprint density at radius 2 is 1.89 bits per heavy atom. The Labute approximate surface area is 158 Å². The summed E-state index contributed by atoms with van der Waals surface area (Å²) in [4.78, 5) is 17.8. The number of hydrogen-bond acceptors (Lipinski definition) is 4. The highest BCUT2D eigenvalue weighted by atomic mass is 19.4. The summed E-state index contributed by atoms with van der Waals surface area (Å²) in [5, 5.41) is 0. The maximum Gasteiger partial charge on any atom is 0.409 e. The molecule has 3 atom stereocenters. The number of alkyl halides is 3. The average Bonchev–Trinajstić information content (AvgIpc) is 2.95. The zero-order valence-corrected chi connectivity index (χ0v) is 16.2. The number of hydrogen-bond donors (Lipinski definition) is 0. The van der Waals surface area contributed by atoms with Crippen LogP contribution in [0, 0.1) is 17.3 Å². The van der Waals surface area contributed by atoms with Crippen LogP contribution in [0.3, 0.4) is 0 Å². The number of halogens is 3. The smallest absolute Gasteiger partial charge is 0.409 e. The highest BCUT2D eigenvalue weighted by Crippen LogP contribution is 2.55. The molecule has 0 aromatic carbocycles. The van der Waals surface area contributed by atoms with E-state index >= 15 is 0 Å². The molecule has 2 saturated heterocycles. The van der Waals surface area contributed by atoms with Crippen molar-refractivity contribution in [3.8, 4) is 0 Å². The largest absolute Gasteiger partial charge is 0.450 e. The Bertz CT molecular complexity index is 567. The topological polar surface area (TPSA) is 36.0 Å².